The zero-order chi connectivity index (χ0) is 14.3. The second-order valence-corrected chi connectivity index (χ2v) is 8.13. The van der Waals surface area contributed by atoms with E-state index in [2.05, 4.69) is 43.1 Å². The van der Waals surface area contributed by atoms with Gasteiger partial charge in [0, 0.05) is 5.56 Å². The van der Waals surface area contributed by atoms with E-state index in [0.717, 1.165) is 24.3 Å². The molecule has 3 rings (SSSR count). The molecule has 0 aliphatic heterocycles. The molecule has 6 heteroatoms. The van der Waals surface area contributed by atoms with Gasteiger partial charge >= 0.3 is 0 Å². The van der Waals surface area contributed by atoms with Gasteiger partial charge in [-0.15, -0.1) is 11.3 Å². The molecular weight excluding hydrogens is 404 g/mol. The van der Waals surface area contributed by atoms with Crippen molar-refractivity contribution in [2.75, 3.05) is 5.73 Å². The third-order valence-electron chi connectivity index (χ3n) is 2.93. The Bertz CT molecular complexity index is 779. The van der Waals surface area contributed by atoms with E-state index >= 15 is 0 Å². The van der Waals surface area contributed by atoms with Crippen LogP contribution in [-0.4, -0.2) is 5.16 Å². The molecule has 0 radical (unpaired) electrons. The Morgan fingerprint density at radius 3 is 2.70 bits per heavy atom. The SMILES string of the molecule is Cc1cccc(-c2c(N)noc2-c2cc(Br)sc2Br)c1. The van der Waals surface area contributed by atoms with E-state index in [1.54, 1.807) is 11.3 Å². The van der Waals surface area contributed by atoms with E-state index in [1.165, 1.54) is 5.56 Å². The average Bonchev–Trinajstić information content (AvgIpc) is 2.92. The molecule has 0 saturated carbocycles. The van der Waals surface area contributed by atoms with E-state index in [4.69, 9.17) is 10.3 Å². The molecule has 0 atom stereocenters. The highest BCUT2D eigenvalue weighted by atomic mass is 79.9. The molecule has 0 unspecified atom stereocenters. The molecule has 2 heterocycles. The van der Waals surface area contributed by atoms with Crippen LogP contribution in [0.25, 0.3) is 22.5 Å². The summed E-state index contributed by atoms with van der Waals surface area (Å²) in [4.78, 5) is 0. The fraction of sp³-hybridized carbons (Fsp3) is 0.0714. The summed E-state index contributed by atoms with van der Waals surface area (Å²) in [5.74, 6) is 1.08. The highest BCUT2D eigenvalue weighted by Gasteiger charge is 2.21. The molecule has 1 aromatic carbocycles. The Morgan fingerprint density at radius 2 is 2.05 bits per heavy atom. The highest BCUT2D eigenvalue weighted by Crippen LogP contribution is 2.44. The Labute approximate surface area is 137 Å². The van der Waals surface area contributed by atoms with Gasteiger partial charge < -0.3 is 10.3 Å². The fourth-order valence-electron chi connectivity index (χ4n) is 2.06. The summed E-state index contributed by atoms with van der Waals surface area (Å²) in [6.45, 7) is 2.05. The maximum absolute atomic E-state index is 5.99. The number of hydrogen-bond donors (Lipinski definition) is 1. The van der Waals surface area contributed by atoms with Gasteiger partial charge in [-0.05, 0) is 50.4 Å². The molecule has 0 saturated heterocycles. The number of benzene rings is 1. The number of aryl methyl sites for hydroxylation is 1. The lowest BCUT2D eigenvalue weighted by molar-refractivity contribution is 0.436. The molecule has 0 spiro atoms. The number of anilines is 1. The second-order valence-electron chi connectivity index (χ2n) is 4.38. The smallest absolute Gasteiger partial charge is 0.178 e. The lowest BCUT2D eigenvalue weighted by Gasteiger charge is -2.03. The first-order valence-corrected chi connectivity index (χ1v) is 8.24. The van der Waals surface area contributed by atoms with Gasteiger partial charge in [-0.2, -0.15) is 0 Å². The van der Waals surface area contributed by atoms with Crippen LogP contribution in [0.4, 0.5) is 5.82 Å². The summed E-state index contributed by atoms with van der Waals surface area (Å²) >= 11 is 8.60. The van der Waals surface area contributed by atoms with Crippen molar-refractivity contribution in [1.29, 1.82) is 0 Å². The van der Waals surface area contributed by atoms with Crippen LogP contribution in [0.3, 0.4) is 0 Å². The lowest BCUT2D eigenvalue weighted by Crippen LogP contribution is -1.89. The van der Waals surface area contributed by atoms with E-state index in [1.807, 2.05) is 31.2 Å². The number of nitrogens with zero attached hydrogens (tertiary/aromatic N) is 1. The third-order valence-corrected chi connectivity index (χ3v) is 5.27. The Kier molecular flexibility index (Phi) is 3.70. The molecule has 3 aromatic rings. The second kappa shape index (κ2) is 5.35. The minimum atomic E-state index is 0.403. The van der Waals surface area contributed by atoms with Crippen molar-refractivity contribution in [1.82, 2.24) is 5.16 Å². The quantitative estimate of drug-likeness (QED) is 0.604. The zero-order valence-corrected chi connectivity index (χ0v) is 14.5. The van der Waals surface area contributed by atoms with Crippen LogP contribution >= 0.6 is 43.2 Å². The van der Waals surface area contributed by atoms with Crippen LogP contribution in [0.15, 0.2) is 42.4 Å². The number of rotatable bonds is 2. The van der Waals surface area contributed by atoms with E-state index in [9.17, 15) is 0 Å². The minimum Gasteiger partial charge on any atom is -0.380 e. The van der Waals surface area contributed by atoms with Gasteiger partial charge in [-0.1, -0.05) is 35.0 Å². The summed E-state index contributed by atoms with van der Waals surface area (Å²) in [6, 6.07) is 10.1. The highest BCUT2D eigenvalue weighted by molar-refractivity contribution is 9.12. The van der Waals surface area contributed by atoms with E-state index < -0.39 is 0 Å². The molecule has 0 aliphatic rings. The van der Waals surface area contributed by atoms with Crippen molar-refractivity contribution in [2.45, 2.75) is 6.92 Å². The molecule has 20 heavy (non-hydrogen) atoms. The predicted octanol–water partition coefficient (Wildman–Crippen LogP) is 5.49. The van der Waals surface area contributed by atoms with Gasteiger partial charge in [0.1, 0.15) is 0 Å². The standard InChI is InChI=1S/C14H10Br2N2OS/c1-7-3-2-4-8(5-7)11-12(19-18-14(11)17)9-6-10(15)20-13(9)16/h2-6H,1H3,(H2,17,18). The van der Waals surface area contributed by atoms with Crippen molar-refractivity contribution < 1.29 is 4.52 Å². The van der Waals surface area contributed by atoms with Crippen LogP contribution < -0.4 is 5.73 Å². The van der Waals surface area contributed by atoms with Gasteiger partial charge in [-0.25, -0.2) is 0 Å². The maximum Gasteiger partial charge on any atom is 0.178 e. The van der Waals surface area contributed by atoms with Crippen LogP contribution in [0.2, 0.25) is 0 Å². The van der Waals surface area contributed by atoms with Crippen LogP contribution in [0, 0.1) is 6.92 Å². The largest absolute Gasteiger partial charge is 0.380 e. The number of thiophene rings is 1. The number of halogens is 2. The first-order chi connectivity index (χ1) is 9.56. The van der Waals surface area contributed by atoms with E-state index in [0.29, 0.717) is 11.6 Å². The van der Waals surface area contributed by atoms with Crippen molar-refractivity contribution >= 4 is 49.0 Å². The Hall–Kier alpha value is -1.11. The van der Waals surface area contributed by atoms with Gasteiger partial charge in [0.2, 0.25) is 0 Å². The predicted molar refractivity (Wildman–Crippen MR) is 89.8 cm³/mol. The number of aromatic nitrogens is 1. The number of nitrogen functional groups attached to an aromatic ring is 1. The Morgan fingerprint density at radius 1 is 1.25 bits per heavy atom. The van der Waals surface area contributed by atoms with Crippen molar-refractivity contribution in [3.05, 3.63) is 43.5 Å². The zero-order valence-electron chi connectivity index (χ0n) is 10.5. The fourth-order valence-corrected chi connectivity index (χ4v) is 4.85. The molecular formula is C14H10Br2N2OS. The summed E-state index contributed by atoms with van der Waals surface area (Å²) < 4.78 is 7.45. The monoisotopic (exact) mass is 412 g/mol. The van der Waals surface area contributed by atoms with Gasteiger partial charge in [-0.3, -0.25) is 0 Å². The van der Waals surface area contributed by atoms with Crippen LogP contribution in [0.5, 0.6) is 0 Å². The minimum absolute atomic E-state index is 0.403. The van der Waals surface area contributed by atoms with Crippen LogP contribution in [0.1, 0.15) is 5.56 Å². The number of hydrogen-bond acceptors (Lipinski definition) is 4. The summed E-state index contributed by atoms with van der Waals surface area (Å²) in [5.41, 5.74) is 9.94. The lowest BCUT2D eigenvalue weighted by atomic mass is 10.0. The Balaban J connectivity index is 2.22. The van der Waals surface area contributed by atoms with Crippen molar-refractivity contribution in [2.24, 2.45) is 0 Å². The molecule has 0 fully saturated rings. The van der Waals surface area contributed by atoms with Gasteiger partial charge in [0.25, 0.3) is 0 Å². The normalized spacial score (nSPS) is 10.9. The molecule has 0 bridgehead atoms. The summed E-state index contributed by atoms with van der Waals surface area (Å²) in [5, 5.41) is 3.92. The average molecular weight is 414 g/mol. The first kappa shape index (κ1) is 13.9. The first-order valence-electron chi connectivity index (χ1n) is 5.83. The maximum atomic E-state index is 5.99. The number of nitrogens with two attached hydrogens (primary N) is 1. The van der Waals surface area contributed by atoms with Gasteiger partial charge in [0.05, 0.1) is 13.1 Å². The molecule has 0 aliphatic carbocycles. The van der Waals surface area contributed by atoms with Crippen molar-refractivity contribution in [3.8, 4) is 22.5 Å². The topological polar surface area (TPSA) is 52.0 Å². The third kappa shape index (κ3) is 2.43. The van der Waals surface area contributed by atoms with Gasteiger partial charge in [0.15, 0.2) is 11.6 Å². The molecule has 3 nitrogen and oxygen atoms in total. The molecule has 102 valence electrons. The van der Waals surface area contributed by atoms with Crippen molar-refractivity contribution in [3.63, 3.8) is 0 Å². The summed E-state index contributed by atoms with van der Waals surface area (Å²) in [7, 11) is 0. The molecule has 2 aromatic heterocycles. The van der Waals surface area contributed by atoms with Crippen LogP contribution in [-0.2, 0) is 0 Å². The molecule has 0 amide bonds. The summed E-state index contributed by atoms with van der Waals surface area (Å²) in [6.07, 6.45) is 0. The van der Waals surface area contributed by atoms with E-state index in [-0.39, 0.29) is 0 Å². The molecule has 2 N–H and O–H groups in total.